The maximum atomic E-state index is 11.7. The van der Waals surface area contributed by atoms with Crippen molar-refractivity contribution in [3.63, 3.8) is 0 Å². The van der Waals surface area contributed by atoms with E-state index >= 15 is 0 Å². The molecule has 0 spiro atoms. The second-order valence-corrected chi connectivity index (χ2v) is 5.15. The Morgan fingerprint density at radius 2 is 1.85 bits per heavy atom. The number of carbonyl (C=O) groups is 3. The number of aliphatic carboxylic acids is 1. The van der Waals surface area contributed by atoms with E-state index in [1.807, 2.05) is 0 Å². The van der Waals surface area contributed by atoms with E-state index in [0.717, 1.165) is 25.7 Å². The van der Waals surface area contributed by atoms with Crippen molar-refractivity contribution in [3.05, 3.63) is 0 Å². The summed E-state index contributed by atoms with van der Waals surface area (Å²) in [5, 5.41) is 22.9. The third-order valence-electron chi connectivity index (χ3n) is 3.44. The number of carbonyl (C=O) groups excluding carboxylic acids is 2. The molecule has 0 heterocycles. The molecule has 1 rings (SSSR count). The van der Waals surface area contributed by atoms with Crippen LogP contribution in [0.4, 0.5) is 0 Å². The number of hydrogen-bond acceptors (Lipinski definition) is 4. The van der Waals surface area contributed by atoms with Gasteiger partial charge < -0.3 is 20.8 Å². The first-order valence-electron chi connectivity index (χ1n) is 6.89. The minimum atomic E-state index is -1.33. The number of aliphatic hydroxyl groups is 1. The number of amides is 2. The number of rotatable bonds is 7. The molecule has 114 valence electrons. The van der Waals surface area contributed by atoms with Gasteiger partial charge in [-0.2, -0.15) is 0 Å². The maximum absolute atomic E-state index is 11.7. The van der Waals surface area contributed by atoms with E-state index in [1.165, 1.54) is 6.92 Å². The molecule has 1 aliphatic rings. The second kappa shape index (κ2) is 7.84. The van der Waals surface area contributed by atoms with Crippen molar-refractivity contribution in [2.45, 2.75) is 51.2 Å². The lowest BCUT2D eigenvalue weighted by Gasteiger charge is -2.17. The van der Waals surface area contributed by atoms with Gasteiger partial charge in [-0.3, -0.25) is 9.59 Å². The molecule has 0 unspecified atom stereocenters. The molecule has 0 aliphatic heterocycles. The van der Waals surface area contributed by atoms with Crippen molar-refractivity contribution in [2.75, 3.05) is 6.54 Å². The molecular weight excluding hydrogens is 264 g/mol. The number of hydrogen-bond donors (Lipinski definition) is 4. The zero-order valence-corrected chi connectivity index (χ0v) is 11.6. The number of carboxylic acids is 1. The molecule has 7 heteroatoms. The highest BCUT2D eigenvalue weighted by molar-refractivity contribution is 5.84. The minimum Gasteiger partial charge on any atom is -0.480 e. The summed E-state index contributed by atoms with van der Waals surface area (Å²) in [5.74, 6) is -1.80. The smallest absolute Gasteiger partial charge is 0.328 e. The van der Waals surface area contributed by atoms with Gasteiger partial charge in [0, 0.05) is 18.9 Å². The molecule has 20 heavy (non-hydrogen) atoms. The fourth-order valence-electron chi connectivity index (χ4n) is 2.27. The lowest BCUT2D eigenvalue weighted by Crippen LogP contribution is -2.48. The van der Waals surface area contributed by atoms with Crippen LogP contribution in [0.2, 0.25) is 0 Å². The quantitative estimate of drug-likeness (QED) is 0.510. The average Bonchev–Trinajstić information content (AvgIpc) is 2.88. The van der Waals surface area contributed by atoms with Crippen LogP contribution in [-0.2, 0) is 14.4 Å². The molecule has 2 atom stereocenters. The fourth-order valence-corrected chi connectivity index (χ4v) is 2.27. The third kappa shape index (κ3) is 5.16. The van der Waals surface area contributed by atoms with E-state index in [2.05, 4.69) is 10.6 Å². The normalized spacial score (nSPS) is 18.3. The molecule has 0 radical (unpaired) electrons. The first-order chi connectivity index (χ1) is 9.41. The Morgan fingerprint density at radius 1 is 1.25 bits per heavy atom. The largest absolute Gasteiger partial charge is 0.480 e. The highest BCUT2D eigenvalue weighted by Crippen LogP contribution is 2.24. The van der Waals surface area contributed by atoms with Gasteiger partial charge in [0.05, 0.1) is 6.10 Å². The lowest BCUT2D eigenvalue weighted by molar-refractivity contribution is -0.144. The summed E-state index contributed by atoms with van der Waals surface area (Å²) in [4.78, 5) is 34.0. The summed E-state index contributed by atoms with van der Waals surface area (Å²) < 4.78 is 0. The van der Waals surface area contributed by atoms with Crippen LogP contribution in [0.15, 0.2) is 0 Å². The van der Waals surface area contributed by atoms with Gasteiger partial charge in [-0.1, -0.05) is 12.8 Å². The van der Waals surface area contributed by atoms with Gasteiger partial charge in [0.2, 0.25) is 11.8 Å². The van der Waals surface area contributed by atoms with Crippen LogP contribution < -0.4 is 10.6 Å². The first-order valence-corrected chi connectivity index (χ1v) is 6.89. The average molecular weight is 286 g/mol. The Balaban J connectivity index is 2.25. The summed E-state index contributed by atoms with van der Waals surface area (Å²) in [6.07, 6.45) is 2.72. The molecule has 1 aliphatic carbocycles. The van der Waals surface area contributed by atoms with Gasteiger partial charge in [0.25, 0.3) is 0 Å². The number of nitrogens with one attached hydrogen (secondary N) is 2. The Hall–Kier alpha value is -1.63. The van der Waals surface area contributed by atoms with Crippen LogP contribution >= 0.6 is 0 Å². The van der Waals surface area contributed by atoms with E-state index < -0.39 is 24.0 Å². The predicted octanol–water partition coefficient (Wildman–Crippen LogP) is -0.367. The summed E-state index contributed by atoms with van der Waals surface area (Å²) in [6.45, 7) is 1.47. The molecular formula is C13H22N2O5. The molecule has 0 saturated heterocycles. The number of carboxylic acid groups (broad SMARTS) is 1. The second-order valence-electron chi connectivity index (χ2n) is 5.15. The Kier molecular flexibility index (Phi) is 6.44. The summed E-state index contributed by atoms with van der Waals surface area (Å²) in [6, 6.07) is -1.33. The third-order valence-corrected chi connectivity index (χ3v) is 3.44. The highest BCUT2D eigenvalue weighted by atomic mass is 16.4. The van der Waals surface area contributed by atoms with Crippen molar-refractivity contribution in [3.8, 4) is 0 Å². The van der Waals surface area contributed by atoms with Crippen LogP contribution in [0.3, 0.4) is 0 Å². The first kappa shape index (κ1) is 16.4. The molecule has 0 aromatic heterocycles. The standard InChI is InChI=1S/C13H22N2O5/c1-8(16)11(13(19)20)15-10(17)6-7-14-12(18)9-4-2-3-5-9/h8-9,11,16H,2-7H2,1H3,(H,14,18)(H,15,17)(H,19,20)/t8-,11+/m1/s1. The predicted molar refractivity (Wildman–Crippen MR) is 70.8 cm³/mol. The topological polar surface area (TPSA) is 116 Å². The van der Waals surface area contributed by atoms with E-state index in [-0.39, 0.29) is 24.8 Å². The van der Waals surface area contributed by atoms with Gasteiger partial charge in [0.1, 0.15) is 0 Å². The van der Waals surface area contributed by atoms with Gasteiger partial charge >= 0.3 is 5.97 Å². The maximum Gasteiger partial charge on any atom is 0.328 e. The Bertz CT molecular complexity index is 364. The monoisotopic (exact) mass is 286 g/mol. The SMILES string of the molecule is C[C@@H](O)[C@H](NC(=O)CCNC(=O)C1CCCC1)C(=O)O. The van der Waals surface area contributed by atoms with Crippen LogP contribution in [0.1, 0.15) is 39.0 Å². The van der Waals surface area contributed by atoms with Crippen LogP contribution in [0.5, 0.6) is 0 Å². The summed E-state index contributed by atoms with van der Waals surface area (Å²) in [7, 11) is 0. The van der Waals surface area contributed by atoms with Gasteiger partial charge in [0.15, 0.2) is 6.04 Å². The summed E-state index contributed by atoms with van der Waals surface area (Å²) >= 11 is 0. The zero-order valence-electron chi connectivity index (χ0n) is 11.6. The van der Waals surface area contributed by atoms with Crippen molar-refractivity contribution in [2.24, 2.45) is 5.92 Å². The molecule has 0 bridgehead atoms. The minimum absolute atomic E-state index is 0.00500. The van der Waals surface area contributed by atoms with Gasteiger partial charge in [-0.05, 0) is 19.8 Å². The van der Waals surface area contributed by atoms with E-state index in [9.17, 15) is 19.5 Å². The van der Waals surface area contributed by atoms with Gasteiger partial charge in [-0.25, -0.2) is 4.79 Å². The van der Waals surface area contributed by atoms with Crippen LogP contribution in [0.25, 0.3) is 0 Å². The number of aliphatic hydroxyl groups excluding tert-OH is 1. The van der Waals surface area contributed by atoms with E-state index in [0.29, 0.717) is 0 Å². The van der Waals surface area contributed by atoms with Gasteiger partial charge in [-0.15, -0.1) is 0 Å². The molecule has 2 amide bonds. The lowest BCUT2D eigenvalue weighted by atomic mass is 10.1. The fraction of sp³-hybridized carbons (Fsp3) is 0.769. The summed E-state index contributed by atoms with van der Waals surface area (Å²) in [5.41, 5.74) is 0. The molecule has 0 aromatic rings. The van der Waals surface area contributed by atoms with Crippen LogP contribution in [0, 0.1) is 5.92 Å². The van der Waals surface area contributed by atoms with Crippen molar-refractivity contribution < 1.29 is 24.6 Å². The molecule has 0 aromatic carbocycles. The Labute approximate surface area is 117 Å². The molecule has 4 N–H and O–H groups in total. The highest BCUT2D eigenvalue weighted by Gasteiger charge is 2.25. The zero-order chi connectivity index (χ0) is 15.1. The molecule has 7 nitrogen and oxygen atoms in total. The van der Waals surface area contributed by atoms with E-state index in [1.54, 1.807) is 0 Å². The van der Waals surface area contributed by atoms with Crippen molar-refractivity contribution >= 4 is 17.8 Å². The van der Waals surface area contributed by atoms with Crippen molar-refractivity contribution in [1.29, 1.82) is 0 Å². The van der Waals surface area contributed by atoms with Crippen LogP contribution in [-0.4, -0.2) is 46.7 Å². The molecule has 1 saturated carbocycles. The molecule has 1 fully saturated rings. The van der Waals surface area contributed by atoms with Crippen molar-refractivity contribution in [1.82, 2.24) is 10.6 Å². The Morgan fingerprint density at radius 3 is 2.35 bits per heavy atom. The van der Waals surface area contributed by atoms with E-state index in [4.69, 9.17) is 5.11 Å².